The second kappa shape index (κ2) is 24.2. The molecule has 0 aliphatic rings. The molecule has 1 N–H and O–H groups in total. The molecular formula is C10H22Na2O9P2-4. The third kappa shape index (κ3) is 115. The van der Waals surface area contributed by atoms with E-state index in [1.54, 1.807) is 0 Å². The molecule has 132 valence electrons. The van der Waals surface area contributed by atoms with E-state index in [9.17, 15) is 0 Å². The molecule has 0 atom stereocenters. The second-order valence-electron chi connectivity index (χ2n) is 4.09. The Morgan fingerprint density at radius 2 is 0.870 bits per heavy atom. The minimum Gasteiger partial charge on any atom is -0.822 e. The van der Waals surface area contributed by atoms with Gasteiger partial charge in [0.15, 0.2) is 0 Å². The average Bonchev–Trinajstić information content (AvgIpc) is 2.23. The second-order valence-corrected chi connectivity index (χ2v) is 5.88. The predicted octanol–water partition coefficient (Wildman–Crippen LogP) is -8.52. The van der Waals surface area contributed by atoms with Crippen molar-refractivity contribution < 1.29 is 103 Å². The molecule has 0 aromatic rings. The maximum Gasteiger partial charge on any atom is 1.00 e. The minimum absolute atomic E-state index is 0. The standard InChI is InChI=1S/C10H22O.2Na.2H3O4P/c1-2-3-4-5-6-7-8-9-10-11;;;2*1-5(2,3)4/h11H,2-10H2,1H3;;;2*(H3,1,2,3,4)/q;2*+1;;/p-6. The summed E-state index contributed by atoms with van der Waals surface area (Å²) in [5, 5.41) is 8.51. The van der Waals surface area contributed by atoms with Gasteiger partial charge < -0.3 is 43.6 Å². The summed E-state index contributed by atoms with van der Waals surface area (Å²) in [7, 11) is -10.8. The number of phosphoric acid groups is 2. The Morgan fingerprint density at radius 3 is 1.09 bits per heavy atom. The van der Waals surface area contributed by atoms with Crippen LogP contribution >= 0.6 is 15.6 Å². The molecule has 0 fully saturated rings. The van der Waals surface area contributed by atoms with Crippen LogP contribution in [0.3, 0.4) is 0 Å². The zero-order valence-corrected chi connectivity index (χ0v) is 19.8. The van der Waals surface area contributed by atoms with Crippen molar-refractivity contribution in [1.82, 2.24) is 0 Å². The van der Waals surface area contributed by atoms with Crippen molar-refractivity contribution in [2.45, 2.75) is 58.3 Å². The van der Waals surface area contributed by atoms with Gasteiger partial charge in [-0.3, -0.25) is 0 Å². The minimum atomic E-state index is -5.39. The van der Waals surface area contributed by atoms with Crippen molar-refractivity contribution >= 4 is 15.6 Å². The molecule has 0 unspecified atom stereocenters. The van der Waals surface area contributed by atoms with Crippen LogP contribution in [-0.4, -0.2) is 11.7 Å². The van der Waals surface area contributed by atoms with E-state index in [1.165, 1.54) is 44.9 Å². The predicted molar refractivity (Wildman–Crippen MR) is 64.9 cm³/mol. The first-order valence-electron chi connectivity index (χ1n) is 6.48. The maximum absolute atomic E-state index is 8.55. The van der Waals surface area contributed by atoms with Crippen LogP contribution in [-0.2, 0) is 9.13 Å². The number of hydrogen-bond donors (Lipinski definition) is 1. The van der Waals surface area contributed by atoms with Crippen molar-refractivity contribution in [3.8, 4) is 0 Å². The Morgan fingerprint density at radius 1 is 0.652 bits per heavy atom. The molecule has 0 aromatic heterocycles. The van der Waals surface area contributed by atoms with Gasteiger partial charge >= 0.3 is 59.1 Å². The van der Waals surface area contributed by atoms with Gasteiger partial charge in [0.2, 0.25) is 0 Å². The first-order valence-corrected chi connectivity index (χ1v) is 9.41. The van der Waals surface area contributed by atoms with Crippen molar-refractivity contribution in [3.63, 3.8) is 0 Å². The number of rotatable bonds is 8. The van der Waals surface area contributed by atoms with Gasteiger partial charge in [-0.1, -0.05) is 51.9 Å². The van der Waals surface area contributed by atoms with E-state index < -0.39 is 15.6 Å². The smallest absolute Gasteiger partial charge is 0.822 e. The van der Waals surface area contributed by atoms with Crippen LogP contribution in [0.25, 0.3) is 0 Å². The van der Waals surface area contributed by atoms with Crippen LogP contribution in [0.4, 0.5) is 0 Å². The van der Waals surface area contributed by atoms with Gasteiger partial charge in [-0.15, -0.1) is 0 Å². The van der Waals surface area contributed by atoms with Crippen LogP contribution in [0.15, 0.2) is 0 Å². The van der Waals surface area contributed by atoms with Crippen LogP contribution in [0.2, 0.25) is 0 Å². The zero-order chi connectivity index (χ0) is 17.4. The Balaban J connectivity index is -0.0000000767. The van der Waals surface area contributed by atoms with Crippen molar-refractivity contribution in [2.75, 3.05) is 6.61 Å². The largest absolute Gasteiger partial charge is 1.00 e. The van der Waals surface area contributed by atoms with Crippen molar-refractivity contribution in [3.05, 3.63) is 0 Å². The molecule has 0 spiro atoms. The van der Waals surface area contributed by atoms with Gasteiger partial charge in [0.05, 0.1) is 0 Å². The summed E-state index contributed by atoms with van der Waals surface area (Å²) in [6, 6.07) is 0. The number of unbranched alkanes of at least 4 members (excludes halogenated alkanes) is 7. The van der Waals surface area contributed by atoms with E-state index in [0.717, 1.165) is 6.42 Å². The zero-order valence-electron chi connectivity index (χ0n) is 14.0. The molecule has 23 heavy (non-hydrogen) atoms. The van der Waals surface area contributed by atoms with E-state index in [0.29, 0.717) is 6.61 Å². The fourth-order valence-corrected chi connectivity index (χ4v) is 1.25. The fourth-order valence-electron chi connectivity index (χ4n) is 1.25. The van der Waals surface area contributed by atoms with Gasteiger partial charge in [0.25, 0.3) is 0 Å². The Hall–Kier alpha value is 2.18. The normalized spacial score (nSPS) is 10.1. The first kappa shape index (κ1) is 36.2. The number of aliphatic hydroxyl groups excluding tert-OH is 1. The topological polar surface area (TPSA) is 193 Å². The summed E-state index contributed by atoms with van der Waals surface area (Å²) < 4.78 is 17.1. The molecule has 0 aliphatic heterocycles. The number of hydrogen-bond acceptors (Lipinski definition) is 9. The molecule has 0 rings (SSSR count). The summed E-state index contributed by atoms with van der Waals surface area (Å²) >= 11 is 0. The van der Waals surface area contributed by atoms with Crippen molar-refractivity contribution in [2.24, 2.45) is 0 Å². The molecular weight excluding hydrogens is 372 g/mol. The van der Waals surface area contributed by atoms with E-state index >= 15 is 0 Å². The molecule has 0 radical (unpaired) electrons. The number of aliphatic hydroxyl groups is 1. The van der Waals surface area contributed by atoms with Gasteiger partial charge in [-0.05, 0) is 6.42 Å². The average molecular weight is 394 g/mol. The monoisotopic (exact) mass is 394 g/mol. The van der Waals surface area contributed by atoms with E-state index in [1.807, 2.05) is 0 Å². The first-order chi connectivity index (χ1) is 9.41. The van der Waals surface area contributed by atoms with Crippen LogP contribution in [0, 0.1) is 0 Å². The molecule has 13 heteroatoms. The third-order valence-electron chi connectivity index (χ3n) is 2.01. The van der Waals surface area contributed by atoms with E-state index in [2.05, 4.69) is 6.92 Å². The molecule has 0 heterocycles. The quantitative estimate of drug-likeness (QED) is 0.236. The molecule has 9 nitrogen and oxygen atoms in total. The van der Waals surface area contributed by atoms with E-state index in [4.69, 9.17) is 43.6 Å². The molecule has 0 aliphatic carbocycles. The molecule has 0 saturated carbocycles. The molecule has 0 amide bonds. The Kier molecular flexibility index (Phi) is 38.0. The Labute approximate surface area is 182 Å². The SMILES string of the molecule is CCCCCCCCCCO.O=P([O-])([O-])[O-].O=P([O-])([O-])[O-].[Na+].[Na+]. The van der Waals surface area contributed by atoms with Crippen LogP contribution < -0.4 is 88.5 Å². The summed E-state index contributed by atoms with van der Waals surface area (Å²) in [4.78, 5) is 51.3. The molecule has 0 saturated heterocycles. The van der Waals surface area contributed by atoms with E-state index in [-0.39, 0.29) is 59.1 Å². The van der Waals surface area contributed by atoms with Crippen molar-refractivity contribution in [1.29, 1.82) is 0 Å². The summed E-state index contributed by atoms with van der Waals surface area (Å²) in [5.74, 6) is 0. The fraction of sp³-hybridized carbons (Fsp3) is 1.00. The van der Waals surface area contributed by atoms with Gasteiger partial charge in [-0.25, -0.2) is 0 Å². The summed E-state index contributed by atoms with van der Waals surface area (Å²) in [5.41, 5.74) is 0. The Bertz CT molecular complexity index is 252. The van der Waals surface area contributed by atoms with Crippen LogP contribution in [0.1, 0.15) is 58.3 Å². The third-order valence-corrected chi connectivity index (χ3v) is 2.01. The summed E-state index contributed by atoms with van der Waals surface area (Å²) in [6.07, 6.45) is 10.4. The van der Waals surface area contributed by atoms with Crippen LogP contribution in [0.5, 0.6) is 0 Å². The maximum atomic E-state index is 8.55. The van der Waals surface area contributed by atoms with Gasteiger partial charge in [0.1, 0.15) is 0 Å². The van der Waals surface area contributed by atoms with Gasteiger partial charge in [0, 0.05) is 6.61 Å². The molecule has 0 aromatic carbocycles. The van der Waals surface area contributed by atoms with Gasteiger partial charge in [-0.2, -0.15) is 15.6 Å². The molecule has 0 bridgehead atoms. The summed E-state index contributed by atoms with van der Waals surface area (Å²) in [6.45, 7) is 2.61.